The summed E-state index contributed by atoms with van der Waals surface area (Å²) in [5.74, 6) is 1.46. The summed E-state index contributed by atoms with van der Waals surface area (Å²) in [5.41, 5.74) is 0. The van der Waals surface area contributed by atoms with Crippen molar-refractivity contribution in [3.63, 3.8) is 0 Å². The summed E-state index contributed by atoms with van der Waals surface area (Å²) in [5, 5.41) is 8.72. The first kappa shape index (κ1) is 8.53. The van der Waals surface area contributed by atoms with Crippen LogP contribution in [0.4, 0.5) is 0 Å². The van der Waals surface area contributed by atoms with Gasteiger partial charge in [-0.25, -0.2) is 0 Å². The van der Waals surface area contributed by atoms with E-state index in [-0.39, 0.29) is 6.61 Å². The molecule has 0 unspecified atom stereocenters. The number of aliphatic hydroxyl groups is 1. The van der Waals surface area contributed by atoms with Crippen molar-refractivity contribution in [2.45, 2.75) is 13.8 Å². The zero-order chi connectivity index (χ0) is 8.27. The Kier molecular flexibility index (Phi) is 2.88. The van der Waals surface area contributed by atoms with Gasteiger partial charge < -0.3 is 9.84 Å². The highest BCUT2D eigenvalue weighted by Crippen LogP contribution is 2.04. The zero-order valence-electron chi connectivity index (χ0n) is 7.21. The van der Waals surface area contributed by atoms with E-state index >= 15 is 0 Å². The molecule has 64 valence electrons. The third kappa shape index (κ3) is 1.93. The van der Waals surface area contributed by atoms with Crippen molar-refractivity contribution >= 4 is 5.90 Å². The van der Waals surface area contributed by atoms with Crippen molar-refractivity contribution in [3.8, 4) is 0 Å². The van der Waals surface area contributed by atoms with E-state index in [0.717, 1.165) is 19.0 Å². The van der Waals surface area contributed by atoms with Gasteiger partial charge in [0.2, 0.25) is 0 Å². The van der Waals surface area contributed by atoms with Gasteiger partial charge in [-0.2, -0.15) is 4.58 Å². The van der Waals surface area contributed by atoms with Crippen molar-refractivity contribution < 1.29 is 14.4 Å². The molecule has 0 atom stereocenters. The number of rotatable bonds is 3. The molecular weight excluding hydrogens is 142 g/mol. The molecule has 1 aliphatic rings. The van der Waals surface area contributed by atoms with Crippen LogP contribution in [0, 0.1) is 5.92 Å². The largest absolute Gasteiger partial charge is 0.441 e. The van der Waals surface area contributed by atoms with Crippen LogP contribution in [0.25, 0.3) is 0 Å². The number of hydrogen-bond donors (Lipinski definition) is 1. The molecule has 3 nitrogen and oxygen atoms in total. The standard InChI is InChI=1S/C8H16NO2/c1-7(2)8-9(3-5-10)4-6-11-8/h7,10H,3-6H2,1-2H3/q+1. The van der Waals surface area contributed by atoms with Gasteiger partial charge in [-0.1, -0.05) is 0 Å². The van der Waals surface area contributed by atoms with Crippen LogP contribution in [-0.4, -0.2) is 41.9 Å². The molecule has 3 heteroatoms. The fraction of sp³-hybridized carbons (Fsp3) is 0.875. The maximum absolute atomic E-state index is 8.72. The van der Waals surface area contributed by atoms with E-state index in [1.165, 1.54) is 0 Å². The second kappa shape index (κ2) is 3.72. The van der Waals surface area contributed by atoms with Gasteiger partial charge >= 0.3 is 5.90 Å². The fourth-order valence-corrected chi connectivity index (χ4v) is 1.34. The highest BCUT2D eigenvalue weighted by Gasteiger charge is 2.25. The summed E-state index contributed by atoms with van der Waals surface area (Å²) >= 11 is 0. The minimum absolute atomic E-state index is 0.208. The fourth-order valence-electron chi connectivity index (χ4n) is 1.34. The van der Waals surface area contributed by atoms with Crippen LogP contribution in [0.15, 0.2) is 0 Å². The molecule has 0 fully saturated rings. The first-order chi connectivity index (χ1) is 5.25. The van der Waals surface area contributed by atoms with Crippen LogP contribution >= 0.6 is 0 Å². The Labute approximate surface area is 67.3 Å². The lowest BCUT2D eigenvalue weighted by molar-refractivity contribution is -0.522. The second-order valence-electron chi connectivity index (χ2n) is 3.05. The van der Waals surface area contributed by atoms with Crippen molar-refractivity contribution in [3.05, 3.63) is 0 Å². The average Bonchev–Trinajstić information content (AvgIpc) is 2.36. The molecular formula is C8H16NO2+. The minimum Gasteiger partial charge on any atom is -0.441 e. The Balaban J connectivity index is 2.61. The predicted octanol–water partition coefficient (Wildman–Crippen LogP) is 0.0759. The maximum Gasteiger partial charge on any atom is 0.339 e. The Morgan fingerprint density at radius 2 is 2.36 bits per heavy atom. The van der Waals surface area contributed by atoms with Crippen molar-refractivity contribution in [1.29, 1.82) is 0 Å². The van der Waals surface area contributed by atoms with Crippen LogP contribution in [0.2, 0.25) is 0 Å². The molecule has 0 saturated heterocycles. The topological polar surface area (TPSA) is 32.5 Å². The van der Waals surface area contributed by atoms with E-state index in [1.807, 2.05) is 0 Å². The summed E-state index contributed by atoms with van der Waals surface area (Å²) in [6.45, 7) is 6.81. The smallest absolute Gasteiger partial charge is 0.339 e. The van der Waals surface area contributed by atoms with Gasteiger partial charge in [0.05, 0.1) is 5.92 Å². The first-order valence-electron chi connectivity index (χ1n) is 4.11. The highest BCUT2D eigenvalue weighted by atomic mass is 16.5. The molecule has 1 N–H and O–H groups in total. The number of hydrogen-bond acceptors (Lipinski definition) is 2. The van der Waals surface area contributed by atoms with E-state index in [2.05, 4.69) is 18.4 Å². The Bertz CT molecular complexity index is 163. The summed E-state index contributed by atoms with van der Waals surface area (Å²) in [6.07, 6.45) is 0. The normalized spacial score (nSPS) is 17.8. The second-order valence-corrected chi connectivity index (χ2v) is 3.05. The van der Waals surface area contributed by atoms with Gasteiger partial charge in [-0.15, -0.1) is 0 Å². The monoisotopic (exact) mass is 158 g/mol. The Morgan fingerprint density at radius 3 is 2.91 bits per heavy atom. The first-order valence-corrected chi connectivity index (χ1v) is 4.11. The molecule has 0 aromatic rings. The van der Waals surface area contributed by atoms with Crippen molar-refractivity contribution in [2.75, 3.05) is 26.3 Å². The van der Waals surface area contributed by atoms with E-state index in [1.54, 1.807) is 0 Å². The van der Waals surface area contributed by atoms with Crippen molar-refractivity contribution in [2.24, 2.45) is 5.92 Å². The van der Waals surface area contributed by atoms with Crippen LogP contribution in [-0.2, 0) is 4.74 Å². The Morgan fingerprint density at radius 1 is 1.64 bits per heavy atom. The average molecular weight is 158 g/mol. The molecule has 11 heavy (non-hydrogen) atoms. The summed E-state index contributed by atoms with van der Waals surface area (Å²) < 4.78 is 7.51. The van der Waals surface area contributed by atoms with Gasteiger partial charge in [-0.05, 0) is 13.8 Å². The van der Waals surface area contributed by atoms with Crippen LogP contribution in [0.1, 0.15) is 13.8 Å². The molecule has 1 heterocycles. The van der Waals surface area contributed by atoms with Gasteiger partial charge in [0.25, 0.3) is 0 Å². The maximum atomic E-state index is 8.72. The lowest BCUT2D eigenvalue weighted by Crippen LogP contribution is -2.23. The zero-order valence-corrected chi connectivity index (χ0v) is 7.21. The molecule has 1 aliphatic heterocycles. The number of nitrogens with zero attached hydrogens (tertiary/aromatic N) is 1. The van der Waals surface area contributed by atoms with E-state index < -0.39 is 0 Å². The molecule has 0 saturated carbocycles. The van der Waals surface area contributed by atoms with E-state index in [9.17, 15) is 0 Å². The van der Waals surface area contributed by atoms with Crippen LogP contribution in [0.3, 0.4) is 0 Å². The van der Waals surface area contributed by atoms with Gasteiger partial charge in [0, 0.05) is 0 Å². The molecule has 0 aliphatic carbocycles. The highest BCUT2D eigenvalue weighted by molar-refractivity contribution is 5.73. The minimum atomic E-state index is 0.208. The van der Waals surface area contributed by atoms with E-state index in [4.69, 9.17) is 9.84 Å². The molecule has 0 spiro atoms. The third-order valence-corrected chi connectivity index (χ3v) is 1.79. The van der Waals surface area contributed by atoms with Crippen LogP contribution < -0.4 is 0 Å². The predicted molar refractivity (Wildman–Crippen MR) is 42.9 cm³/mol. The molecule has 1 rings (SSSR count). The quantitative estimate of drug-likeness (QED) is 0.590. The summed E-state index contributed by atoms with van der Waals surface area (Å²) in [6, 6.07) is 0. The molecule has 0 bridgehead atoms. The van der Waals surface area contributed by atoms with Crippen molar-refractivity contribution in [1.82, 2.24) is 0 Å². The molecule has 0 radical (unpaired) electrons. The number of β-amino-alcohol motifs (C(OH)–C–C–N with tert-alkyl or cyclic N) is 1. The lowest BCUT2D eigenvalue weighted by Gasteiger charge is -2.01. The summed E-state index contributed by atoms with van der Waals surface area (Å²) in [4.78, 5) is 0. The molecule has 0 amide bonds. The number of ether oxygens (including phenoxy) is 1. The summed E-state index contributed by atoms with van der Waals surface area (Å²) in [7, 11) is 0. The lowest BCUT2D eigenvalue weighted by atomic mass is 10.2. The van der Waals surface area contributed by atoms with Gasteiger partial charge in [0.15, 0.2) is 19.7 Å². The molecule has 0 aromatic heterocycles. The van der Waals surface area contributed by atoms with Crippen LogP contribution in [0.5, 0.6) is 0 Å². The Hall–Kier alpha value is -0.570. The van der Waals surface area contributed by atoms with Gasteiger partial charge in [-0.3, -0.25) is 0 Å². The van der Waals surface area contributed by atoms with E-state index in [0.29, 0.717) is 12.5 Å². The SMILES string of the molecule is CC(C)C1=[N+](CCO)CCO1. The number of aliphatic hydroxyl groups excluding tert-OH is 1. The van der Waals surface area contributed by atoms with Gasteiger partial charge in [0.1, 0.15) is 6.61 Å². The third-order valence-electron chi connectivity index (χ3n) is 1.79. The molecule has 0 aromatic carbocycles.